The van der Waals surface area contributed by atoms with E-state index in [4.69, 9.17) is 4.74 Å². The van der Waals surface area contributed by atoms with E-state index in [0.717, 1.165) is 22.4 Å². The Labute approximate surface area is 202 Å². The Bertz CT molecular complexity index is 1020. The number of nitrogens with one attached hydrogen (secondary N) is 2. The first-order valence-electron chi connectivity index (χ1n) is 11.6. The van der Waals surface area contributed by atoms with Crippen molar-refractivity contribution in [1.82, 2.24) is 10.2 Å². The lowest BCUT2D eigenvalue weighted by Crippen LogP contribution is -2.51. The molecule has 0 radical (unpaired) electrons. The number of likely N-dealkylation sites (N-methyl/N-ethyl adjacent to an activating group) is 1. The van der Waals surface area contributed by atoms with Crippen LogP contribution in [0.3, 0.4) is 0 Å². The first-order chi connectivity index (χ1) is 15.8. The number of hydrogen-bond donors (Lipinski definition) is 2. The molecule has 2 N–H and O–H groups in total. The molecule has 184 valence electrons. The van der Waals surface area contributed by atoms with Gasteiger partial charge in [-0.3, -0.25) is 9.59 Å². The van der Waals surface area contributed by atoms with Gasteiger partial charge in [0, 0.05) is 12.2 Å². The van der Waals surface area contributed by atoms with E-state index in [1.165, 1.54) is 4.90 Å². The van der Waals surface area contributed by atoms with Crippen LogP contribution in [-0.2, 0) is 14.3 Å². The molecule has 0 saturated carbocycles. The summed E-state index contributed by atoms with van der Waals surface area (Å²) in [6.45, 7) is 14.7. The van der Waals surface area contributed by atoms with Crippen molar-refractivity contribution in [3.8, 4) is 0 Å². The Morgan fingerprint density at radius 3 is 2.12 bits per heavy atom. The predicted molar refractivity (Wildman–Crippen MR) is 135 cm³/mol. The molecule has 2 rings (SSSR count). The summed E-state index contributed by atoms with van der Waals surface area (Å²) in [4.78, 5) is 40.8. The number of aryl methyl sites for hydroxylation is 3. The summed E-state index contributed by atoms with van der Waals surface area (Å²) in [6, 6.07) is 11.6. The maximum absolute atomic E-state index is 13.6. The van der Waals surface area contributed by atoms with Crippen molar-refractivity contribution >= 4 is 23.6 Å². The normalized spacial score (nSPS) is 12.9. The highest BCUT2D eigenvalue weighted by Crippen LogP contribution is 2.27. The topological polar surface area (TPSA) is 87.7 Å². The summed E-state index contributed by atoms with van der Waals surface area (Å²) in [7, 11) is 0. The molecule has 0 bridgehead atoms. The van der Waals surface area contributed by atoms with Crippen LogP contribution >= 0.6 is 0 Å². The number of nitrogens with zero attached hydrogens (tertiary/aromatic N) is 1. The van der Waals surface area contributed by atoms with Crippen molar-refractivity contribution in [2.75, 3.05) is 11.9 Å². The van der Waals surface area contributed by atoms with Gasteiger partial charge in [0.1, 0.15) is 17.7 Å². The maximum atomic E-state index is 13.6. The van der Waals surface area contributed by atoms with E-state index < -0.39 is 23.8 Å². The number of rotatable bonds is 7. The zero-order chi connectivity index (χ0) is 25.6. The average molecular weight is 468 g/mol. The average Bonchev–Trinajstić information content (AvgIpc) is 2.72. The summed E-state index contributed by atoms with van der Waals surface area (Å²) < 4.78 is 5.29. The van der Waals surface area contributed by atoms with Gasteiger partial charge >= 0.3 is 6.09 Å². The van der Waals surface area contributed by atoms with Crippen LogP contribution in [0.25, 0.3) is 0 Å². The van der Waals surface area contributed by atoms with E-state index in [0.29, 0.717) is 5.56 Å². The summed E-state index contributed by atoms with van der Waals surface area (Å²) in [5.41, 5.74) is 3.59. The number of alkyl carbamates (subject to hydrolysis) is 1. The number of amides is 3. The van der Waals surface area contributed by atoms with Gasteiger partial charge in [0.15, 0.2) is 0 Å². The number of carbonyl (C=O) groups excluding carboxylic acids is 3. The number of anilines is 1. The molecular formula is C27H37N3O4. The van der Waals surface area contributed by atoms with E-state index in [1.807, 2.05) is 70.2 Å². The molecule has 2 unspecified atom stereocenters. The first kappa shape index (κ1) is 26.9. The minimum absolute atomic E-state index is 0.276. The Kier molecular flexibility index (Phi) is 8.85. The number of benzene rings is 2. The van der Waals surface area contributed by atoms with Crippen LogP contribution in [0.5, 0.6) is 0 Å². The summed E-state index contributed by atoms with van der Waals surface area (Å²) in [5, 5.41) is 5.62. The number of para-hydroxylation sites is 1. The maximum Gasteiger partial charge on any atom is 0.408 e. The third-order valence-electron chi connectivity index (χ3n) is 5.37. The van der Waals surface area contributed by atoms with Gasteiger partial charge in [0.25, 0.3) is 5.91 Å². The van der Waals surface area contributed by atoms with Gasteiger partial charge in [-0.25, -0.2) is 4.79 Å². The third-order valence-corrected chi connectivity index (χ3v) is 5.37. The van der Waals surface area contributed by atoms with Crippen LogP contribution < -0.4 is 10.6 Å². The highest BCUT2D eigenvalue weighted by molar-refractivity contribution is 5.99. The lowest BCUT2D eigenvalue weighted by atomic mass is 10.0. The van der Waals surface area contributed by atoms with Crippen molar-refractivity contribution in [3.63, 3.8) is 0 Å². The Morgan fingerprint density at radius 1 is 1.00 bits per heavy atom. The van der Waals surface area contributed by atoms with Gasteiger partial charge < -0.3 is 20.3 Å². The van der Waals surface area contributed by atoms with E-state index in [-0.39, 0.29) is 18.4 Å². The predicted octanol–water partition coefficient (Wildman–Crippen LogP) is 5.05. The molecule has 0 aliphatic heterocycles. The SMILES string of the molecule is CCN(C(=O)C(C)NC(=O)OC(C)(C)C)C(C(=O)Nc1c(C)cccc1C)c1cccc(C)c1. The van der Waals surface area contributed by atoms with Gasteiger partial charge in [-0.15, -0.1) is 0 Å². The van der Waals surface area contributed by atoms with Crippen LogP contribution in [0, 0.1) is 20.8 Å². The lowest BCUT2D eigenvalue weighted by molar-refractivity contribution is -0.140. The van der Waals surface area contributed by atoms with Gasteiger partial charge in [0.05, 0.1) is 0 Å². The summed E-state index contributed by atoms with van der Waals surface area (Å²) in [6.07, 6.45) is -0.684. The molecule has 7 nitrogen and oxygen atoms in total. The smallest absolute Gasteiger partial charge is 0.408 e. The minimum Gasteiger partial charge on any atom is -0.444 e. The zero-order valence-corrected chi connectivity index (χ0v) is 21.5. The third kappa shape index (κ3) is 7.07. The first-order valence-corrected chi connectivity index (χ1v) is 11.6. The van der Waals surface area contributed by atoms with Crippen LogP contribution in [0.15, 0.2) is 42.5 Å². The van der Waals surface area contributed by atoms with Crippen molar-refractivity contribution in [2.24, 2.45) is 0 Å². The van der Waals surface area contributed by atoms with Gasteiger partial charge in [-0.1, -0.05) is 48.0 Å². The molecule has 0 saturated heterocycles. The molecule has 2 aromatic carbocycles. The highest BCUT2D eigenvalue weighted by Gasteiger charge is 2.34. The molecule has 34 heavy (non-hydrogen) atoms. The van der Waals surface area contributed by atoms with Crippen molar-refractivity contribution < 1.29 is 19.1 Å². The molecule has 2 atom stereocenters. The second kappa shape index (κ2) is 11.2. The summed E-state index contributed by atoms with van der Waals surface area (Å²) in [5.74, 6) is -0.695. The van der Waals surface area contributed by atoms with E-state index >= 15 is 0 Å². The van der Waals surface area contributed by atoms with Crippen LogP contribution in [0.4, 0.5) is 10.5 Å². The van der Waals surface area contributed by atoms with E-state index in [2.05, 4.69) is 10.6 Å². The van der Waals surface area contributed by atoms with E-state index in [1.54, 1.807) is 27.7 Å². The fourth-order valence-corrected chi connectivity index (χ4v) is 3.78. The number of hydrogen-bond acceptors (Lipinski definition) is 4. The molecule has 0 aliphatic carbocycles. The molecule has 2 aromatic rings. The quantitative estimate of drug-likeness (QED) is 0.596. The molecule has 0 spiro atoms. The molecule has 3 amide bonds. The Balaban J connectivity index is 2.39. The van der Waals surface area contributed by atoms with Crippen LogP contribution in [0.2, 0.25) is 0 Å². The molecule has 0 fully saturated rings. The lowest BCUT2D eigenvalue weighted by Gasteiger charge is -2.33. The zero-order valence-electron chi connectivity index (χ0n) is 21.5. The second-order valence-corrected chi connectivity index (χ2v) is 9.56. The summed E-state index contributed by atoms with van der Waals surface area (Å²) >= 11 is 0. The van der Waals surface area contributed by atoms with Crippen molar-refractivity contribution in [1.29, 1.82) is 0 Å². The number of carbonyl (C=O) groups is 3. The fraction of sp³-hybridized carbons (Fsp3) is 0.444. The van der Waals surface area contributed by atoms with Crippen LogP contribution in [-0.4, -0.2) is 41.0 Å². The molecule has 7 heteroatoms. The van der Waals surface area contributed by atoms with Crippen LogP contribution in [0.1, 0.15) is 62.9 Å². The van der Waals surface area contributed by atoms with Gasteiger partial charge in [0.2, 0.25) is 5.91 Å². The largest absolute Gasteiger partial charge is 0.444 e. The standard InChI is InChI=1S/C27H37N3O4/c1-9-30(25(32)20(5)28-26(33)34-27(6,7)8)23(21-15-10-12-17(2)16-21)24(31)29-22-18(3)13-11-14-19(22)4/h10-16,20,23H,9H2,1-8H3,(H,28,33)(H,29,31). The molecule has 0 heterocycles. The fourth-order valence-electron chi connectivity index (χ4n) is 3.78. The van der Waals surface area contributed by atoms with Crippen molar-refractivity contribution in [3.05, 3.63) is 64.7 Å². The Hall–Kier alpha value is -3.35. The number of ether oxygens (including phenoxy) is 1. The van der Waals surface area contributed by atoms with E-state index in [9.17, 15) is 14.4 Å². The molecular weight excluding hydrogens is 430 g/mol. The Morgan fingerprint density at radius 2 is 1.59 bits per heavy atom. The van der Waals surface area contributed by atoms with Crippen molar-refractivity contribution in [2.45, 2.75) is 73.1 Å². The van der Waals surface area contributed by atoms with Gasteiger partial charge in [-0.2, -0.15) is 0 Å². The minimum atomic E-state index is -0.880. The highest BCUT2D eigenvalue weighted by atomic mass is 16.6. The second-order valence-electron chi connectivity index (χ2n) is 9.56. The monoisotopic (exact) mass is 467 g/mol. The molecule has 0 aromatic heterocycles. The molecule has 0 aliphatic rings. The van der Waals surface area contributed by atoms with Gasteiger partial charge in [-0.05, 0) is 72.1 Å².